The molecule has 0 unspecified atom stereocenters. The third kappa shape index (κ3) is 7.38. The summed E-state index contributed by atoms with van der Waals surface area (Å²) in [4.78, 5) is 17.3. The maximum atomic E-state index is 13.3. The van der Waals surface area contributed by atoms with Crippen molar-refractivity contribution in [3.63, 3.8) is 0 Å². The Morgan fingerprint density at radius 2 is 2.05 bits per heavy atom. The number of benzene rings is 1. The highest BCUT2D eigenvalue weighted by atomic mass is 32.2. The minimum atomic E-state index is -4.09. The van der Waals surface area contributed by atoms with Crippen LogP contribution in [0.2, 0.25) is 0 Å². The Labute approximate surface area is 212 Å². The molecule has 0 amide bonds. The molecular formula is C24H26F2N4O6S. The number of nitrogens with zero attached hydrogens (tertiary/aromatic N) is 3. The molecule has 37 heavy (non-hydrogen) atoms. The number of nitrogens with two attached hydrogens (primary N) is 1. The third-order valence-electron chi connectivity index (χ3n) is 6.21. The van der Waals surface area contributed by atoms with Gasteiger partial charge in [-0.1, -0.05) is 12.1 Å². The molecule has 0 aliphatic heterocycles. The molecule has 4 rings (SSSR count). The van der Waals surface area contributed by atoms with Crippen molar-refractivity contribution in [2.24, 2.45) is 17.0 Å². The molecule has 1 fully saturated rings. The van der Waals surface area contributed by atoms with Gasteiger partial charge in [0.1, 0.15) is 11.4 Å². The predicted molar refractivity (Wildman–Crippen MR) is 127 cm³/mol. The summed E-state index contributed by atoms with van der Waals surface area (Å²) < 4.78 is 57.7. The van der Waals surface area contributed by atoms with E-state index in [1.807, 2.05) is 0 Å². The van der Waals surface area contributed by atoms with E-state index >= 15 is 0 Å². The van der Waals surface area contributed by atoms with Crippen molar-refractivity contribution in [1.29, 1.82) is 0 Å². The van der Waals surface area contributed by atoms with Gasteiger partial charge in [-0.25, -0.2) is 5.14 Å². The summed E-state index contributed by atoms with van der Waals surface area (Å²) in [5.41, 5.74) is 1.97. The van der Waals surface area contributed by atoms with E-state index in [-0.39, 0.29) is 42.2 Å². The Kier molecular flexibility index (Phi) is 8.27. The fourth-order valence-electron chi connectivity index (χ4n) is 4.58. The SMILES string of the molecule is NS(=O)(=O)OC[C@H]1C[C@@H](Cc2ccncc2C(=O)c2ccn(Cc3cccc(OC(F)F)c3)n2)C[C@@H]1O. The second-order valence-corrected chi connectivity index (χ2v) is 10.2. The molecule has 2 aromatic heterocycles. The van der Waals surface area contributed by atoms with E-state index in [4.69, 9.17) is 5.14 Å². The number of ketones is 1. The van der Waals surface area contributed by atoms with Crippen molar-refractivity contribution in [2.45, 2.75) is 38.5 Å². The van der Waals surface area contributed by atoms with Crippen molar-refractivity contribution in [2.75, 3.05) is 6.61 Å². The van der Waals surface area contributed by atoms with Crippen LogP contribution in [0.5, 0.6) is 5.75 Å². The monoisotopic (exact) mass is 536 g/mol. The summed E-state index contributed by atoms with van der Waals surface area (Å²) in [7, 11) is -4.09. The van der Waals surface area contributed by atoms with E-state index < -0.39 is 23.0 Å². The van der Waals surface area contributed by atoms with E-state index in [9.17, 15) is 27.1 Å². The van der Waals surface area contributed by atoms with Crippen molar-refractivity contribution in [1.82, 2.24) is 14.8 Å². The normalized spacial score (nSPS) is 19.9. The molecule has 13 heteroatoms. The first-order valence-corrected chi connectivity index (χ1v) is 12.9. The summed E-state index contributed by atoms with van der Waals surface area (Å²) in [6.45, 7) is -2.88. The summed E-state index contributed by atoms with van der Waals surface area (Å²) >= 11 is 0. The number of hydrogen-bond donors (Lipinski definition) is 2. The van der Waals surface area contributed by atoms with Crippen molar-refractivity contribution in [3.8, 4) is 5.75 Å². The molecular weight excluding hydrogens is 510 g/mol. The number of alkyl halides is 2. The average molecular weight is 537 g/mol. The highest BCUT2D eigenvalue weighted by molar-refractivity contribution is 7.84. The van der Waals surface area contributed by atoms with Gasteiger partial charge in [0.2, 0.25) is 5.78 Å². The second kappa shape index (κ2) is 11.4. The van der Waals surface area contributed by atoms with E-state index in [1.54, 1.807) is 36.7 Å². The summed E-state index contributed by atoms with van der Waals surface area (Å²) in [5, 5.41) is 19.5. The van der Waals surface area contributed by atoms with Gasteiger partial charge in [0.25, 0.3) is 0 Å². The molecule has 0 radical (unpaired) electrons. The number of hydrogen-bond acceptors (Lipinski definition) is 8. The van der Waals surface area contributed by atoms with Gasteiger partial charge < -0.3 is 9.84 Å². The predicted octanol–water partition coefficient (Wildman–Crippen LogP) is 2.31. The molecule has 10 nitrogen and oxygen atoms in total. The minimum absolute atomic E-state index is 0.00156. The Balaban J connectivity index is 1.43. The standard InChI is InChI=1S/C24H26F2N4O6S/c25-24(26)36-19-3-1-2-15(10-19)13-30-7-5-21(29-30)23(32)20-12-28-6-4-17(20)8-16-9-18(22(31)11-16)14-35-37(27,33)34/h1-7,10,12,16,18,22,24,31H,8-9,11,13-14H2,(H2,27,33,34)/t16-,18-,22+/m1/s1. The minimum Gasteiger partial charge on any atom is -0.435 e. The fourth-order valence-corrected chi connectivity index (χ4v) is 4.94. The Bertz CT molecular complexity index is 1350. The number of aliphatic hydroxyl groups excluding tert-OH is 1. The molecule has 1 saturated carbocycles. The fraction of sp³-hybridized carbons (Fsp3) is 0.375. The number of pyridine rings is 1. The maximum Gasteiger partial charge on any atom is 0.387 e. The Morgan fingerprint density at radius 1 is 1.24 bits per heavy atom. The third-order valence-corrected chi connectivity index (χ3v) is 6.67. The average Bonchev–Trinajstić information content (AvgIpc) is 3.43. The number of rotatable bonds is 11. The summed E-state index contributed by atoms with van der Waals surface area (Å²) in [6, 6.07) is 9.54. The molecule has 0 bridgehead atoms. The molecule has 1 aliphatic rings. The lowest BCUT2D eigenvalue weighted by atomic mass is 9.93. The first kappa shape index (κ1) is 26.8. The number of aromatic nitrogens is 3. The molecule has 3 N–H and O–H groups in total. The van der Waals surface area contributed by atoms with Gasteiger partial charge in [-0.05, 0) is 60.6 Å². The topological polar surface area (TPSA) is 147 Å². The van der Waals surface area contributed by atoms with Gasteiger partial charge in [0.05, 0.1) is 19.3 Å². The van der Waals surface area contributed by atoms with E-state index in [2.05, 4.69) is 19.0 Å². The lowest BCUT2D eigenvalue weighted by molar-refractivity contribution is -0.0498. The van der Waals surface area contributed by atoms with Crippen LogP contribution in [0, 0.1) is 11.8 Å². The van der Waals surface area contributed by atoms with Gasteiger partial charge >= 0.3 is 16.9 Å². The maximum absolute atomic E-state index is 13.3. The molecule has 1 aromatic carbocycles. The number of aliphatic hydroxyl groups is 1. The van der Waals surface area contributed by atoms with Gasteiger partial charge in [0.15, 0.2) is 0 Å². The van der Waals surface area contributed by atoms with Crippen LogP contribution >= 0.6 is 0 Å². The molecule has 198 valence electrons. The lowest BCUT2D eigenvalue weighted by Gasteiger charge is -2.13. The highest BCUT2D eigenvalue weighted by Gasteiger charge is 2.34. The Hall–Kier alpha value is -3.26. The van der Waals surface area contributed by atoms with Crippen molar-refractivity contribution < 1.29 is 36.0 Å². The summed E-state index contributed by atoms with van der Waals surface area (Å²) in [5.74, 6) is -0.682. The van der Waals surface area contributed by atoms with Gasteiger partial charge in [-0.2, -0.15) is 22.3 Å². The van der Waals surface area contributed by atoms with Gasteiger partial charge in [0, 0.05) is 30.1 Å². The second-order valence-electron chi connectivity index (χ2n) is 8.93. The van der Waals surface area contributed by atoms with Crippen LogP contribution in [0.4, 0.5) is 8.78 Å². The number of halogens is 2. The Morgan fingerprint density at radius 3 is 2.81 bits per heavy atom. The first-order chi connectivity index (χ1) is 17.6. The zero-order valence-corrected chi connectivity index (χ0v) is 20.4. The van der Waals surface area contributed by atoms with E-state index in [0.29, 0.717) is 30.4 Å². The number of carbonyl (C=O) groups is 1. The quantitative estimate of drug-likeness (QED) is 0.355. The zero-order chi connectivity index (χ0) is 26.6. The van der Waals surface area contributed by atoms with Crippen LogP contribution in [-0.2, 0) is 27.5 Å². The van der Waals surface area contributed by atoms with Gasteiger partial charge in [-0.3, -0.25) is 18.6 Å². The zero-order valence-electron chi connectivity index (χ0n) is 19.6. The van der Waals surface area contributed by atoms with Crippen LogP contribution < -0.4 is 9.88 Å². The number of carbonyl (C=O) groups excluding carboxylic acids is 1. The smallest absolute Gasteiger partial charge is 0.387 e. The molecule has 2 heterocycles. The van der Waals surface area contributed by atoms with Crippen LogP contribution in [0.1, 0.15) is 40.0 Å². The molecule has 0 spiro atoms. The molecule has 1 aliphatic carbocycles. The van der Waals surface area contributed by atoms with Gasteiger partial charge in [-0.15, -0.1) is 0 Å². The molecule has 3 atom stereocenters. The van der Waals surface area contributed by atoms with Crippen molar-refractivity contribution in [3.05, 3.63) is 77.4 Å². The molecule has 3 aromatic rings. The summed E-state index contributed by atoms with van der Waals surface area (Å²) in [6.07, 6.45) is 5.33. The first-order valence-electron chi connectivity index (χ1n) is 11.5. The van der Waals surface area contributed by atoms with Crippen LogP contribution in [-0.4, -0.2) is 53.4 Å². The highest BCUT2D eigenvalue weighted by Crippen LogP contribution is 2.34. The number of ether oxygens (including phenoxy) is 1. The van der Waals surface area contributed by atoms with Crippen LogP contribution in [0.25, 0.3) is 0 Å². The van der Waals surface area contributed by atoms with Crippen LogP contribution in [0.15, 0.2) is 55.0 Å². The lowest BCUT2D eigenvalue weighted by Crippen LogP contribution is -2.24. The van der Waals surface area contributed by atoms with E-state index in [1.165, 1.54) is 23.0 Å². The molecule has 0 saturated heterocycles. The van der Waals surface area contributed by atoms with Crippen molar-refractivity contribution >= 4 is 16.1 Å². The van der Waals surface area contributed by atoms with E-state index in [0.717, 1.165) is 5.56 Å². The largest absolute Gasteiger partial charge is 0.435 e. The van der Waals surface area contributed by atoms with Crippen LogP contribution in [0.3, 0.4) is 0 Å².